The quantitative estimate of drug-likeness (QED) is 0.594. The van der Waals surface area contributed by atoms with Crippen molar-refractivity contribution in [2.24, 2.45) is 0 Å². The molecule has 1 saturated heterocycles. The Morgan fingerprint density at radius 1 is 1.22 bits per heavy atom. The van der Waals surface area contributed by atoms with E-state index in [1.54, 1.807) is 29.2 Å². The number of benzene rings is 2. The average Bonchev–Trinajstić information content (AvgIpc) is 3.00. The number of nitro benzene ring substituents is 1. The van der Waals surface area contributed by atoms with Crippen molar-refractivity contribution in [1.82, 2.24) is 4.90 Å². The van der Waals surface area contributed by atoms with Crippen LogP contribution in [0.3, 0.4) is 0 Å². The van der Waals surface area contributed by atoms with Gasteiger partial charge < -0.3 is 15.0 Å². The maximum absolute atomic E-state index is 11.6. The van der Waals surface area contributed by atoms with Gasteiger partial charge in [0.2, 0.25) is 0 Å². The van der Waals surface area contributed by atoms with E-state index in [4.69, 9.17) is 4.74 Å². The van der Waals surface area contributed by atoms with E-state index in [1.165, 1.54) is 12.1 Å². The fourth-order valence-electron chi connectivity index (χ4n) is 2.64. The lowest BCUT2D eigenvalue weighted by atomic mass is 10.2. The third kappa shape index (κ3) is 4.34. The Morgan fingerprint density at radius 2 is 1.93 bits per heavy atom. The zero-order chi connectivity index (χ0) is 19.6. The number of carbonyl (C=O) groups is 1. The van der Waals surface area contributed by atoms with E-state index in [-0.39, 0.29) is 22.4 Å². The van der Waals surface area contributed by atoms with Crippen LogP contribution in [0.1, 0.15) is 5.56 Å². The molecule has 2 aromatic carbocycles. The minimum absolute atomic E-state index is 0.118. The zero-order valence-electron chi connectivity index (χ0n) is 14.4. The molecule has 0 radical (unpaired) electrons. The lowest BCUT2D eigenvalue weighted by Crippen LogP contribution is -2.23. The highest BCUT2D eigenvalue weighted by Gasteiger charge is 2.22. The van der Waals surface area contributed by atoms with Crippen molar-refractivity contribution < 1.29 is 22.9 Å². The first-order chi connectivity index (χ1) is 12.7. The molecule has 10 heteroatoms. The lowest BCUT2D eigenvalue weighted by molar-refractivity contribution is -0.384. The van der Waals surface area contributed by atoms with Crippen LogP contribution in [0.4, 0.5) is 21.9 Å². The number of rotatable bonds is 6. The number of ether oxygens (including phenoxy) is 1. The van der Waals surface area contributed by atoms with Gasteiger partial charge in [0.1, 0.15) is 12.3 Å². The second kappa shape index (κ2) is 7.23. The molecule has 0 unspecified atom stereocenters. The third-order valence-electron chi connectivity index (χ3n) is 4.05. The highest BCUT2D eigenvalue weighted by Crippen LogP contribution is 2.30. The van der Waals surface area contributed by atoms with Crippen molar-refractivity contribution in [3.63, 3.8) is 0 Å². The van der Waals surface area contributed by atoms with Crippen LogP contribution in [0.5, 0.6) is 0 Å². The molecule has 142 valence electrons. The largest absolute Gasteiger partial charge is 0.448 e. The number of amides is 1. The molecule has 0 atom stereocenters. The van der Waals surface area contributed by atoms with Gasteiger partial charge in [0.05, 0.1) is 16.4 Å². The predicted molar refractivity (Wildman–Crippen MR) is 97.7 cm³/mol. The second-order valence-corrected chi connectivity index (χ2v) is 8.08. The van der Waals surface area contributed by atoms with Gasteiger partial charge in [-0.15, -0.1) is 0 Å². The van der Waals surface area contributed by atoms with Crippen LogP contribution in [0.2, 0.25) is 0 Å². The highest BCUT2D eigenvalue weighted by molar-refractivity contribution is 7.90. The number of nitrogens with one attached hydrogen (secondary N) is 1. The van der Waals surface area contributed by atoms with E-state index < -0.39 is 14.8 Å². The van der Waals surface area contributed by atoms with Gasteiger partial charge in [-0.2, -0.15) is 0 Å². The first kappa shape index (κ1) is 18.6. The van der Waals surface area contributed by atoms with Crippen LogP contribution in [-0.4, -0.2) is 43.7 Å². The molecule has 2 aromatic rings. The fraction of sp³-hybridized carbons (Fsp3) is 0.235. The van der Waals surface area contributed by atoms with Crippen LogP contribution < -0.4 is 5.32 Å². The summed E-state index contributed by atoms with van der Waals surface area (Å²) in [4.78, 5) is 23.6. The first-order valence-electron chi connectivity index (χ1n) is 8.00. The predicted octanol–water partition coefficient (Wildman–Crippen LogP) is 2.69. The van der Waals surface area contributed by atoms with Gasteiger partial charge in [0, 0.05) is 24.6 Å². The lowest BCUT2D eigenvalue weighted by Gasteiger charge is -2.13. The zero-order valence-corrected chi connectivity index (χ0v) is 15.2. The van der Waals surface area contributed by atoms with Gasteiger partial charge in [-0.05, 0) is 29.8 Å². The summed E-state index contributed by atoms with van der Waals surface area (Å²) in [7, 11) is -3.54. The number of carbonyl (C=O) groups excluding carboxylic acids is 1. The summed E-state index contributed by atoms with van der Waals surface area (Å²) in [6.45, 7) is 1.34. The number of anilines is 2. The number of hydrogen-bond donors (Lipinski definition) is 1. The van der Waals surface area contributed by atoms with E-state index in [9.17, 15) is 23.3 Å². The van der Waals surface area contributed by atoms with Crippen molar-refractivity contribution in [3.8, 4) is 0 Å². The van der Waals surface area contributed by atoms with Gasteiger partial charge in [-0.3, -0.25) is 10.1 Å². The number of cyclic esters (lactones) is 1. The Morgan fingerprint density at radius 3 is 2.48 bits per heavy atom. The van der Waals surface area contributed by atoms with E-state index in [0.29, 0.717) is 25.4 Å². The molecule has 1 fully saturated rings. The molecule has 0 spiro atoms. The summed E-state index contributed by atoms with van der Waals surface area (Å²) >= 11 is 0. The van der Waals surface area contributed by atoms with Gasteiger partial charge in [-0.1, -0.05) is 12.1 Å². The molecule has 0 bridgehead atoms. The molecule has 1 aliphatic rings. The topological polar surface area (TPSA) is 119 Å². The monoisotopic (exact) mass is 391 g/mol. The SMILES string of the molecule is CS(=O)(=O)c1ccc(Nc2ccc(CN3CCOC3=O)cc2)c([N+](=O)[O-])c1. The molecular weight excluding hydrogens is 374 g/mol. The van der Waals surface area contributed by atoms with Crippen molar-refractivity contribution >= 4 is 33.0 Å². The van der Waals surface area contributed by atoms with Crippen molar-refractivity contribution in [3.05, 3.63) is 58.1 Å². The van der Waals surface area contributed by atoms with Gasteiger partial charge in [0.25, 0.3) is 5.69 Å². The van der Waals surface area contributed by atoms with E-state index in [0.717, 1.165) is 17.9 Å². The van der Waals surface area contributed by atoms with E-state index >= 15 is 0 Å². The molecule has 0 saturated carbocycles. The fourth-order valence-corrected chi connectivity index (χ4v) is 3.28. The Hall–Kier alpha value is -3.14. The molecular formula is C17H17N3O6S. The second-order valence-electron chi connectivity index (χ2n) is 6.07. The number of nitro groups is 1. The van der Waals surface area contributed by atoms with Crippen molar-refractivity contribution in [1.29, 1.82) is 0 Å². The Bertz CT molecular complexity index is 988. The Balaban J connectivity index is 1.78. The molecule has 3 rings (SSSR count). The minimum atomic E-state index is -3.54. The van der Waals surface area contributed by atoms with Crippen LogP contribution in [0.15, 0.2) is 47.4 Å². The van der Waals surface area contributed by atoms with Gasteiger partial charge in [-0.25, -0.2) is 13.2 Å². The summed E-state index contributed by atoms with van der Waals surface area (Å²) in [5.74, 6) is 0. The van der Waals surface area contributed by atoms with Gasteiger partial charge in [0.15, 0.2) is 9.84 Å². The smallest absolute Gasteiger partial charge is 0.410 e. The Kier molecular flexibility index (Phi) is 5.00. The number of hydrogen-bond acceptors (Lipinski definition) is 7. The Labute approximate surface area is 155 Å². The molecule has 0 aromatic heterocycles. The molecule has 0 aliphatic carbocycles. The first-order valence-corrected chi connectivity index (χ1v) is 9.89. The molecule has 1 aliphatic heterocycles. The van der Waals surface area contributed by atoms with Crippen LogP contribution >= 0.6 is 0 Å². The maximum Gasteiger partial charge on any atom is 0.410 e. The molecule has 1 N–H and O–H groups in total. The normalized spacial score (nSPS) is 14.1. The number of sulfone groups is 1. The van der Waals surface area contributed by atoms with Gasteiger partial charge >= 0.3 is 6.09 Å². The molecule has 27 heavy (non-hydrogen) atoms. The van der Waals surface area contributed by atoms with E-state index in [2.05, 4.69) is 5.32 Å². The average molecular weight is 391 g/mol. The summed E-state index contributed by atoms with van der Waals surface area (Å²) < 4.78 is 28.1. The summed E-state index contributed by atoms with van der Waals surface area (Å²) in [5, 5.41) is 14.2. The standard InChI is InChI=1S/C17H17N3O6S/c1-27(24,25)14-6-7-15(16(10-14)20(22)23)18-13-4-2-12(3-5-13)11-19-8-9-26-17(19)21/h2-7,10,18H,8-9,11H2,1H3. The molecule has 1 amide bonds. The van der Waals surface area contributed by atoms with Crippen molar-refractivity contribution in [2.45, 2.75) is 11.4 Å². The van der Waals surface area contributed by atoms with Crippen LogP contribution in [0.25, 0.3) is 0 Å². The van der Waals surface area contributed by atoms with Crippen molar-refractivity contribution in [2.75, 3.05) is 24.7 Å². The minimum Gasteiger partial charge on any atom is -0.448 e. The van der Waals surface area contributed by atoms with Crippen LogP contribution in [0, 0.1) is 10.1 Å². The number of nitrogens with zero attached hydrogens (tertiary/aromatic N) is 2. The molecule has 1 heterocycles. The maximum atomic E-state index is 11.6. The summed E-state index contributed by atoms with van der Waals surface area (Å²) in [6.07, 6.45) is 0.646. The van der Waals surface area contributed by atoms with Crippen LogP contribution in [-0.2, 0) is 21.1 Å². The third-order valence-corrected chi connectivity index (χ3v) is 5.16. The molecule has 9 nitrogen and oxygen atoms in total. The van der Waals surface area contributed by atoms with E-state index in [1.807, 2.05) is 0 Å². The highest BCUT2D eigenvalue weighted by atomic mass is 32.2. The summed E-state index contributed by atoms with van der Waals surface area (Å²) in [5.41, 5.74) is 1.34. The summed E-state index contributed by atoms with van der Waals surface area (Å²) in [6, 6.07) is 10.8.